The predicted molar refractivity (Wildman–Crippen MR) is 153 cm³/mol. The fourth-order valence-corrected chi connectivity index (χ4v) is 10.0. The van der Waals surface area contributed by atoms with Crippen LogP contribution in [0.2, 0.25) is 0 Å². The molecule has 5 saturated heterocycles. The fraction of sp³-hybridized carbons (Fsp3) is 0.607. The monoisotopic (exact) mass is 618 g/mol. The number of carbonyl (C=O) groups excluding carboxylic acids is 5. The van der Waals surface area contributed by atoms with E-state index in [2.05, 4.69) is 5.32 Å². The molecule has 5 heterocycles. The van der Waals surface area contributed by atoms with Crippen molar-refractivity contribution in [3.8, 4) is 5.75 Å². The lowest BCUT2D eigenvalue weighted by atomic mass is 9.94. The van der Waals surface area contributed by atoms with Crippen molar-refractivity contribution in [3.63, 3.8) is 0 Å². The van der Waals surface area contributed by atoms with Gasteiger partial charge in [0.15, 0.2) is 0 Å². The Morgan fingerprint density at radius 3 is 2.07 bits per heavy atom. The van der Waals surface area contributed by atoms with E-state index >= 15 is 0 Å². The Balaban J connectivity index is 1.12. The number of esters is 2. The highest BCUT2D eigenvalue weighted by molar-refractivity contribution is 8.02. The minimum Gasteiger partial charge on any atom is -0.508 e. The van der Waals surface area contributed by atoms with E-state index in [1.165, 1.54) is 33.7 Å². The van der Waals surface area contributed by atoms with Gasteiger partial charge in [-0.15, -0.1) is 23.5 Å². The fourth-order valence-electron chi connectivity index (χ4n) is 6.75. The van der Waals surface area contributed by atoms with Crippen LogP contribution in [0.15, 0.2) is 24.3 Å². The molecule has 226 valence electrons. The van der Waals surface area contributed by atoms with Crippen molar-refractivity contribution >= 4 is 53.2 Å². The summed E-state index contributed by atoms with van der Waals surface area (Å²) in [4.78, 5) is 70.0. The molecule has 2 N–H and O–H groups in total. The van der Waals surface area contributed by atoms with Crippen molar-refractivity contribution in [3.05, 3.63) is 29.8 Å². The van der Waals surface area contributed by atoms with Gasteiger partial charge in [-0.05, 0) is 59.2 Å². The molecule has 6 rings (SSSR count). The summed E-state index contributed by atoms with van der Waals surface area (Å²) in [6.07, 6.45) is 0.390. The number of nitrogens with one attached hydrogen (secondary N) is 1. The average molecular weight is 619 g/mol. The molecule has 0 radical (unpaired) electrons. The number of carbonyl (C=O) groups is 5. The van der Waals surface area contributed by atoms with Crippen LogP contribution < -0.4 is 5.32 Å². The van der Waals surface area contributed by atoms with E-state index in [1.807, 2.05) is 41.5 Å². The van der Waals surface area contributed by atoms with Crippen LogP contribution in [0.4, 0.5) is 0 Å². The van der Waals surface area contributed by atoms with Crippen LogP contribution in [0.3, 0.4) is 0 Å². The molecule has 0 spiro atoms. The lowest BCUT2D eigenvalue weighted by molar-refractivity contribution is -0.183. The van der Waals surface area contributed by atoms with Crippen LogP contribution in [0, 0.1) is 0 Å². The van der Waals surface area contributed by atoms with Crippen LogP contribution in [-0.2, 0) is 33.4 Å². The van der Waals surface area contributed by atoms with Crippen LogP contribution in [0.1, 0.15) is 59.6 Å². The largest absolute Gasteiger partial charge is 0.508 e. The van der Waals surface area contributed by atoms with Crippen molar-refractivity contribution in [1.82, 2.24) is 20.0 Å². The minimum absolute atomic E-state index is 0.0507. The summed E-state index contributed by atoms with van der Waals surface area (Å²) < 4.78 is 9.38. The van der Waals surface area contributed by atoms with Gasteiger partial charge in [0.1, 0.15) is 35.3 Å². The summed E-state index contributed by atoms with van der Waals surface area (Å²) in [6, 6.07) is 3.15. The topological polar surface area (TPSA) is 146 Å². The number of amides is 3. The van der Waals surface area contributed by atoms with Crippen LogP contribution in [-0.4, -0.2) is 100 Å². The summed E-state index contributed by atoms with van der Waals surface area (Å²) in [5.41, 5.74) is -0.187. The lowest BCUT2D eigenvalue weighted by Gasteiger charge is -2.50. The van der Waals surface area contributed by atoms with E-state index in [1.54, 1.807) is 28.8 Å². The molecule has 1 aromatic carbocycles. The molecule has 0 bridgehead atoms. The van der Waals surface area contributed by atoms with Gasteiger partial charge < -0.3 is 29.3 Å². The maximum absolute atomic E-state index is 13.6. The second kappa shape index (κ2) is 9.52. The highest BCUT2D eigenvalue weighted by atomic mass is 32.2. The van der Waals surface area contributed by atoms with Crippen LogP contribution in [0.25, 0.3) is 0 Å². The number of aromatic hydroxyl groups is 1. The predicted octanol–water partition coefficient (Wildman–Crippen LogP) is 1.53. The normalized spacial score (nSPS) is 33.6. The summed E-state index contributed by atoms with van der Waals surface area (Å²) in [6.45, 7) is 10.4. The van der Waals surface area contributed by atoms with Gasteiger partial charge in [0.2, 0.25) is 24.5 Å². The van der Waals surface area contributed by atoms with Gasteiger partial charge in [0, 0.05) is 9.49 Å². The van der Waals surface area contributed by atoms with E-state index < -0.39 is 63.4 Å². The quantitative estimate of drug-likeness (QED) is 0.272. The van der Waals surface area contributed by atoms with Gasteiger partial charge in [-0.2, -0.15) is 0 Å². The highest BCUT2D eigenvalue weighted by Gasteiger charge is 2.68. The lowest BCUT2D eigenvalue weighted by Crippen LogP contribution is -2.73. The van der Waals surface area contributed by atoms with Gasteiger partial charge in [-0.3, -0.25) is 19.7 Å². The number of hydrogen-bond donors (Lipinski definition) is 2. The maximum atomic E-state index is 13.6. The van der Waals surface area contributed by atoms with Crippen LogP contribution >= 0.6 is 23.5 Å². The molecular weight excluding hydrogens is 584 g/mol. The smallest absolute Gasteiger partial charge is 0.333 e. The molecule has 5 fully saturated rings. The van der Waals surface area contributed by atoms with Crippen LogP contribution in [0.5, 0.6) is 5.75 Å². The number of phenolic OH excluding ortho intramolecular Hbond substituents is 1. The zero-order valence-electron chi connectivity index (χ0n) is 24.2. The zero-order valence-corrected chi connectivity index (χ0v) is 25.8. The maximum Gasteiger partial charge on any atom is 0.333 e. The number of nitrogens with zero attached hydrogens (tertiary/aromatic N) is 3. The number of thioether (sulfide) groups is 2. The number of phenols is 1. The number of ether oxygens (including phenoxy) is 2. The first-order valence-corrected chi connectivity index (χ1v) is 15.5. The first kappa shape index (κ1) is 29.1. The molecule has 5 aliphatic rings. The van der Waals surface area contributed by atoms with Gasteiger partial charge in [0.05, 0.1) is 17.5 Å². The highest BCUT2D eigenvalue weighted by Crippen LogP contribution is 2.54. The van der Waals surface area contributed by atoms with Crippen molar-refractivity contribution in [2.75, 3.05) is 6.79 Å². The molecule has 0 saturated carbocycles. The molecule has 1 aromatic rings. The molecule has 42 heavy (non-hydrogen) atoms. The van der Waals surface area contributed by atoms with E-state index in [-0.39, 0.29) is 28.8 Å². The molecule has 0 aromatic heterocycles. The molecule has 0 aliphatic carbocycles. The Morgan fingerprint density at radius 2 is 1.48 bits per heavy atom. The second-order valence-electron chi connectivity index (χ2n) is 12.8. The van der Waals surface area contributed by atoms with E-state index in [0.717, 1.165) is 0 Å². The van der Waals surface area contributed by atoms with E-state index in [4.69, 9.17) is 9.47 Å². The van der Waals surface area contributed by atoms with E-state index in [9.17, 15) is 29.1 Å². The molecule has 14 heteroatoms. The summed E-state index contributed by atoms with van der Waals surface area (Å²) in [5, 5.41) is 12.4. The Bertz CT molecular complexity index is 1380. The first-order valence-electron chi connectivity index (χ1n) is 13.8. The third kappa shape index (κ3) is 4.28. The summed E-state index contributed by atoms with van der Waals surface area (Å²) in [7, 11) is 0. The summed E-state index contributed by atoms with van der Waals surface area (Å²) >= 11 is 2.96. The Hall–Kier alpha value is -2.97. The number of fused-ring (bicyclic) bond motifs is 2. The summed E-state index contributed by atoms with van der Waals surface area (Å²) in [5.74, 6) is -2.00. The number of β-lactam (4-membered cyclic amide) rings is 2. The molecule has 6 atom stereocenters. The minimum atomic E-state index is -0.948. The number of rotatable bonds is 6. The Morgan fingerprint density at radius 1 is 0.905 bits per heavy atom. The second-order valence-corrected chi connectivity index (χ2v) is 16.4. The first-order chi connectivity index (χ1) is 19.5. The van der Waals surface area contributed by atoms with Gasteiger partial charge in [0.25, 0.3) is 0 Å². The molecule has 12 nitrogen and oxygen atoms in total. The zero-order chi connectivity index (χ0) is 30.5. The SMILES string of the molecule is CC1(C)S[C@@H]2[C@H](N3C(=O)C(c4ccc(O)cc4)NC3(C)C)C(=O)N2[C@H]1C(=O)OCOC(=O)[C@@H]1N2C(=O)C[C@H]2SC1(C)C. The molecule has 1 unspecified atom stereocenters. The number of benzene rings is 1. The third-order valence-corrected chi connectivity index (χ3v) is 11.7. The van der Waals surface area contributed by atoms with Crippen molar-refractivity contribution in [2.45, 2.75) is 98.0 Å². The van der Waals surface area contributed by atoms with Gasteiger partial charge >= 0.3 is 11.9 Å². The van der Waals surface area contributed by atoms with Crippen molar-refractivity contribution in [1.29, 1.82) is 0 Å². The molecular formula is C28H34N4O8S2. The third-order valence-electron chi connectivity index (χ3n) is 8.67. The van der Waals surface area contributed by atoms with Gasteiger partial charge in [-0.1, -0.05) is 12.1 Å². The number of hydrogen-bond acceptors (Lipinski definition) is 11. The van der Waals surface area contributed by atoms with Crippen molar-refractivity contribution in [2.24, 2.45) is 0 Å². The van der Waals surface area contributed by atoms with Gasteiger partial charge in [-0.25, -0.2) is 9.59 Å². The van der Waals surface area contributed by atoms with Crippen molar-refractivity contribution < 1.29 is 38.6 Å². The standard InChI is InChI=1S/C28H34N4O8S2/c1-26(2)19(30-15(34)11-16(30)41-26)24(37)39-12-40-25(38)20-27(3,4)42-23-18(22(36)31(20)23)32-21(35)17(29-28(32,5)6)13-7-9-14(33)10-8-13/h7-10,16-20,23,29,33H,11-12H2,1-6H3/t16-,17?,18-,19+,20+,23-/m1/s1. The Kier molecular flexibility index (Phi) is 6.60. The van der Waals surface area contributed by atoms with E-state index in [0.29, 0.717) is 12.0 Å². The Labute approximate surface area is 251 Å². The molecule has 5 aliphatic heterocycles. The molecule has 3 amide bonds. The average Bonchev–Trinajstić information content (AvgIpc) is 3.38.